The quantitative estimate of drug-likeness (QED) is 0.875. The highest BCUT2D eigenvalue weighted by Gasteiger charge is 2.24. The first-order valence-corrected chi connectivity index (χ1v) is 8.39. The number of aromatic nitrogens is 2. The summed E-state index contributed by atoms with van der Waals surface area (Å²) in [6, 6.07) is 0.687. The molecule has 1 unspecified atom stereocenters. The molecule has 1 aliphatic rings. The summed E-state index contributed by atoms with van der Waals surface area (Å²) >= 11 is 1.71. The van der Waals surface area contributed by atoms with Gasteiger partial charge in [0, 0.05) is 23.8 Å². The second-order valence-corrected chi connectivity index (χ2v) is 6.45. The van der Waals surface area contributed by atoms with Crippen LogP contribution in [0.3, 0.4) is 0 Å². The molecule has 0 spiro atoms. The zero-order chi connectivity index (χ0) is 13.1. The molecule has 1 N–H and O–H groups in total. The van der Waals surface area contributed by atoms with Crippen LogP contribution in [-0.4, -0.2) is 22.0 Å². The Morgan fingerprint density at radius 1 is 1.47 bits per heavy atom. The van der Waals surface area contributed by atoms with Crippen molar-refractivity contribution in [2.45, 2.75) is 51.5 Å². The van der Waals surface area contributed by atoms with E-state index in [0.717, 1.165) is 23.8 Å². The van der Waals surface area contributed by atoms with Gasteiger partial charge in [-0.15, -0.1) is 11.3 Å². The van der Waals surface area contributed by atoms with Gasteiger partial charge in [0.05, 0.1) is 5.69 Å². The fourth-order valence-electron chi connectivity index (χ4n) is 3.33. The topological polar surface area (TPSA) is 29.3 Å². The predicted molar refractivity (Wildman–Crippen MR) is 80.8 cm³/mol. The first kappa shape index (κ1) is 13.1. The van der Waals surface area contributed by atoms with Gasteiger partial charge in [-0.2, -0.15) is 0 Å². The first-order valence-electron chi connectivity index (χ1n) is 7.51. The van der Waals surface area contributed by atoms with Crippen LogP contribution in [0.2, 0.25) is 0 Å². The molecule has 0 aromatic carbocycles. The molecule has 1 atom stereocenters. The molecule has 0 bridgehead atoms. The van der Waals surface area contributed by atoms with Crippen LogP contribution in [0.1, 0.15) is 44.7 Å². The molecule has 1 aliphatic carbocycles. The summed E-state index contributed by atoms with van der Waals surface area (Å²) in [6.07, 6.45) is 12.3. The highest BCUT2D eigenvalue weighted by atomic mass is 32.1. The van der Waals surface area contributed by atoms with Gasteiger partial charge < -0.3 is 5.32 Å². The van der Waals surface area contributed by atoms with Crippen molar-refractivity contribution in [2.75, 3.05) is 6.54 Å². The molecule has 104 valence electrons. The van der Waals surface area contributed by atoms with Crippen molar-refractivity contribution in [1.82, 2.24) is 14.7 Å². The lowest BCUT2D eigenvalue weighted by molar-refractivity contribution is 0.345. The number of rotatable bonds is 6. The Kier molecular flexibility index (Phi) is 4.18. The fourth-order valence-corrected chi connectivity index (χ4v) is 4.05. The second kappa shape index (κ2) is 6.06. The zero-order valence-electron chi connectivity index (χ0n) is 11.6. The van der Waals surface area contributed by atoms with Crippen LogP contribution in [0.25, 0.3) is 4.96 Å². The van der Waals surface area contributed by atoms with Crippen molar-refractivity contribution in [1.29, 1.82) is 0 Å². The molecular weight excluding hydrogens is 254 g/mol. The number of fused-ring (bicyclic) bond motifs is 1. The monoisotopic (exact) mass is 277 g/mol. The fraction of sp³-hybridized carbons (Fsp3) is 0.667. The summed E-state index contributed by atoms with van der Waals surface area (Å²) in [6.45, 7) is 3.30. The number of hydrogen-bond acceptors (Lipinski definition) is 3. The number of hydrogen-bond donors (Lipinski definition) is 1. The Bertz CT molecular complexity index is 482. The summed E-state index contributed by atoms with van der Waals surface area (Å²) in [5.74, 6) is 0.892. The Balaban J connectivity index is 1.60. The van der Waals surface area contributed by atoms with Crippen LogP contribution in [-0.2, 0) is 6.42 Å². The van der Waals surface area contributed by atoms with Crippen LogP contribution in [0.15, 0.2) is 17.8 Å². The smallest absolute Gasteiger partial charge is 0.193 e. The van der Waals surface area contributed by atoms with Gasteiger partial charge in [0.2, 0.25) is 0 Å². The van der Waals surface area contributed by atoms with Crippen molar-refractivity contribution in [3.05, 3.63) is 23.5 Å². The Morgan fingerprint density at radius 2 is 2.32 bits per heavy atom. The van der Waals surface area contributed by atoms with E-state index < -0.39 is 0 Å². The van der Waals surface area contributed by atoms with Gasteiger partial charge in [-0.3, -0.25) is 4.40 Å². The number of imidazole rings is 1. The number of thiazole rings is 1. The number of nitrogens with zero attached hydrogens (tertiary/aromatic N) is 2. The summed E-state index contributed by atoms with van der Waals surface area (Å²) < 4.78 is 2.14. The molecule has 0 aliphatic heterocycles. The van der Waals surface area contributed by atoms with Crippen LogP contribution < -0.4 is 5.32 Å². The molecule has 2 heterocycles. The van der Waals surface area contributed by atoms with E-state index in [1.165, 1.54) is 37.8 Å². The standard InChI is InChI=1S/C15H23N3S/c1-2-16-14(12-5-3-4-6-12)8-7-13-11-18-9-10-19-15(18)17-13/h9-12,14,16H,2-8H2,1H3. The average Bonchev–Trinajstić information content (AvgIpc) is 3.09. The predicted octanol–water partition coefficient (Wildman–Crippen LogP) is 3.50. The molecule has 2 aromatic heterocycles. The molecule has 19 heavy (non-hydrogen) atoms. The van der Waals surface area contributed by atoms with Gasteiger partial charge in [-0.1, -0.05) is 19.8 Å². The van der Waals surface area contributed by atoms with Crippen molar-refractivity contribution in [2.24, 2.45) is 5.92 Å². The van der Waals surface area contributed by atoms with Gasteiger partial charge in [-0.05, 0) is 38.1 Å². The van der Waals surface area contributed by atoms with Crippen molar-refractivity contribution in [3.8, 4) is 0 Å². The average molecular weight is 277 g/mol. The van der Waals surface area contributed by atoms with Gasteiger partial charge in [0.25, 0.3) is 0 Å². The maximum absolute atomic E-state index is 4.69. The Morgan fingerprint density at radius 3 is 3.05 bits per heavy atom. The van der Waals surface area contributed by atoms with Crippen LogP contribution in [0.4, 0.5) is 0 Å². The Labute approximate surface area is 119 Å². The molecular formula is C15H23N3S. The van der Waals surface area contributed by atoms with E-state index in [-0.39, 0.29) is 0 Å². The number of nitrogens with one attached hydrogen (secondary N) is 1. The van der Waals surface area contributed by atoms with E-state index >= 15 is 0 Å². The third-order valence-corrected chi connectivity index (χ3v) is 5.06. The van der Waals surface area contributed by atoms with Crippen molar-refractivity contribution >= 4 is 16.3 Å². The third-order valence-electron chi connectivity index (χ3n) is 4.29. The minimum absolute atomic E-state index is 0.687. The van der Waals surface area contributed by atoms with E-state index in [2.05, 4.69) is 39.4 Å². The molecule has 0 amide bonds. The van der Waals surface area contributed by atoms with E-state index in [1.54, 1.807) is 11.3 Å². The van der Waals surface area contributed by atoms with Gasteiger partial charge in [0.15, 0.2) is 4.96 Å². The minimum Gasteiger partial charge on any atom is -0.314 e. The lowest BCUT2D eigenvalue weighted by Crippen LogP contribution is -2.35. The number of aryl methyl sites for hydroxylation is 1. The van der Waals surface area contributed by atoms with Gasteiger partial charge in [0.1, 0.15) is 0 Å². The van der Waals surface area contributed by atoms with E-state index in [1.807, 2.05) is 0 Å². The molecule has 2 aromatic rings. The molecule has 4 heteroatoms. The van der Waals surface area contributed by atoms with Crippen molar-refractivity contribution < 1.29 is 0 Å². The summed E-state index contributed by atoms with van der Waals surface area (Å²) in [7, 11) is 0. The molecule has 1 fully saturated rings. The van der Waals surface area contributed by atoms with Gasteiger partial charge in [-0.25, -0.2) is 4.98 Å². The maximum Gasteiger partial charge on any atom is 0.193 e. The highest BCUT2D eigenvalue weighted by molar-refractivity contribution is 7.15. The first-order chi connectivity index (χ1) is 9.36. The highest BCUT2D eigenvalue weighted by Crippen LogP contribution is 2.29. The van der Waals surface area contributed by atoms with Crippen LogP contribution in [0, 0.1) is 5.92 Å². The van der Waals surface area contributed by atoms with Gasteiger partial charge >= 0.3 is 0 Å². The lowest BCUT2D eigenvalue weighted by Gasteiger charge is -2.23. The molecule has 3 rings (SSSR count). The largest absolute Gasteiger partial charge is 0.314 e. The lowest BCUT2D eigenvalue weighted by atomic mass is 9.93. The summed E-state index contributed by atoms with van der Waals surface area (Å²) in [5, 5.41) is 5.78. The zero-order valence-corrected chi connectivity index (χ0v) is 12.5. The van der Waals surface area contributed by atoms with E-state index in [9.17, 15) is 0 Å². The van der Waals surface area contributed by atoms with E-state index in [0.29, 0.717) is 6.04 Å². The molecule has 1 saturated carbocycles. The van der Waals surface area contributed by atoms with E-state index in [4.69, 9.17) is 0 Å². The summed E-state index contributed by atoms with van der Waals surface area (Å²) in [5.41, 5.74) is 1.24. The SMILES string of the molecule is CCNC(CCc1cn2ccsc2n1)C1CCCC1. The summed E-state index contributed by atoms with van der Waals surface area (Å²) in [4.78, 5) is 5.81. The second-order valence-electron chi connectivity index (χ2n) is 5.57. The van der Waals surface area contributed by atoms with Crippen LogP contribution in [0.5, 0.6) is 0 Å². The van der Waals surface area contributed by atoms with Crippen LogP contribution >= 0.6 is 11.3 Å². The third kappa shape index (κ3) is 3.00. The Hall–Kier alpha value is -0.870. The molecule has 0 saturated heterocycles. The maximum atomic E-state index is 4.69. The molecule has 0 radical (unpaired) electrons. The minimum atomic E-state index is 0.687. The normalized spacial score (nSPS) is 18.4. The molecule has 3 nitrogen and oxygen atoms in total. The van der Waals surface area contributed by atoms with Crippen molar-refractivity contribution in [3.63, 3.8) is 0 Å².